The van der Waals surface area contributed by atoms with Gasteiger partial charge in [-0.2, -0.15) is 0 Å². The fourth-order valence-corrected chi connectivity index (χ4v) is 4.90. The van der Waals surface area contributed by atoms with Gasteiger partial charge in [0.05, 0.1) is 28.5 Å². The number of pyridine rings is 1. The summed E-state index contributed by atoms with van der Waals surface area (Å²) in [4.78, 5) is 15.2. The minimum Gasteiger partial charge on any atom is -0.255 e. The van der Waals surface area contributed by atoms with Crippen LogP contribution in [0.15, 0.2) is 130 Å². The highest BCUT2D eigenvalue weighted by molar-refractivity contribution is 6.03. The van der Waals surface area contributed by atoms with E-state index < -0.39 is 0 Å². The van der Waals surface area contributed by atoms with E-state index in [-0.39, 0.29) is 0 Å². The second-order valence-corrected chi connectivity index (χ2v) is 9.84. The number of benzene rings is 3. The van der Waals surface area contributed by atoms with Crippen molar-refractivity contribution in [3.05, 3.63) is 132 Å². The lowest BCUT2D eigenvalue weighted by Crippen LogP contribution is -2.08. The molecule has 38 heavy (non-hydrogen) atoms. The van der Waals surface area contributed by atoms with Crippen LogP contribution in [-0.2, 0) is 0 Å². The molecule has 0 N–H and O–H groups in total. The molecule has 0 fully saturated rings. The highest BCUT2D eigenvalue weighted by atomic mass is 14.8. The average Bonchev–Trinajstić information content (AvgIpc) is 2.96. The maximum absolute atomic E-state index is 5.22. The lowest BCUT2D eigenvalue weighted by molar-refractivity contribution is 0.669. The van der Waals surface area contributed by atoms with E-state index in [9.17, 15) is 0 Å². The molecule has 0 amide bonds. The number of nitrogens with zero attached hydrogens (tertiary/aromatic N) is 3. The Balaban J connectivity index is 1.58. The summed E-state index contributed by atoms with van der Waals surface area (Å²) in [5.74, 6) is 0.410. The molecule has 0 bridgehead atoms. The predicted molar refractivity (Wildman–Crippen MR) is 161 cm³/mol. The number of para-hydroxylation sites is 1. The first-order valence-electron chi connectivity index (χ1n) is 13.2. The Morgan fingerprint density at radius 2 is 1.21 bits per heavy atom. The van der Waals surface area contributed by atoms with Crippen molar-refractivity contribution in [3.8, 4) is 22.3 Å². The van der Waals surface area contributed by atoms with Crippen LogP contribution in [-0.4, -0.2) is 16.4 Å². The van der Waals surface area contributed by atoms with Crippen LogP contribution in [0, 0.1) is 5.92 Å². The first kappa shape index (κ1) is 25.3. The molecule has 1 heterocycles. The Bertz CT molecular complexity index is 1500. The van der Waals surface area contributed by atoms with Gasteiger partial charge in [-0.3, -0.25) is 9.98 Å². The van der Waals surface area contributed by atoms with Crippen molar-refractivity contribution in [1.29, 1.82) is 0 Å². The molecule has 0 saturated heterocycles. The van der Waals surface area contributed by atoms with Crippen LogP contribution in [0.25, 0.3) is 22.3 Å². The van der Waals surface area contributed by atoms with Crippen molar-refractivity contribution < 1.29 is 0 Å². The van der Waals surface area contributed by atoms with Gasteiger partial charge in [-0.15, -0.1) is 0 Å². The number of aromatic nitrogens is 1. The van der Waals surface area contributed by atoms with Gasteiger partial charge in [-0.25, -0.2) is 4.98 Å². The summed E-state index contributed by atoms with van der Waals surface area (Å²) >= 11 is 0. The largest absolute Gasteiger partial charge is 0.255 e. The fourth-order valence-electron chi connectivity index (χ4n) is 4.90. The van der Waals surface area contributed by atoms with Gasteiger partial charge in [0.25, 0.3) is 0 Å². The highest BCUT2D eigenvalue weighted by Gasteiger charge is 2.15. The third kappa shape index (κ3) is 5.47. The molecular weight excluding hydrogens is 462 g/mol. The molecular formula is C35H33N3. The van der Waals surface area contributed by atoms with Gasteiger partial charge >= 0.3 is 0 Å². The quantitative estimate of drug-likeness (QED) is 0.246. The van der Waals surface area contributed by atoms with E-state index in [2.05, 4.69) is 92.7 Å². The van der Waals surface area contributed by atoms with Gasteiger partial charge in [0.1, 0.15) is 0 Å². The summed E-state index contributed by atoms with van der Waals surface area (Å²) in [5, 5.41) is 0. The van der Waals surface area contributed by atoms with Gasteiger partial charge in [-0.1, -0.05) is 104 Å². The summed E-state index contributed by atoms with van der Waals surface area (Å²) in [6, 6.07) is 33.4. The van der Waals surface area contributed by atoms with Gasteiger partial charge in [0.2, 0.25) is 0 Å². The Hall–Kier alpha value is -4.37. The van der Waals surface area contributed by atoms with E-state index in [1.54, 1.807) is 0 Å². The van der Waals surface area contributed by atoms with Crippen LogP contribution in [0.1, 0.15) is 45.5 Å². The zero-order valence-electron chi connectivity index (χ0n) is 22.5. The molecule has 3 nitrogen and oxygen atoms in total. The zero-order chi connectivity index (χ0) is 26.5. The third-order valence-corrected chi connectivity index (χ3v) is 6.99. The monoisotopic (exact) mass is 495 g/mol. The molecule has 188 valence electrons. The molecule has 0 spiro atoms. The van der Waals surface area contributed by atoms with E-state index in [0.29, 0.717) is 5.92 Å². The first-order valence-corrected chi connectivity index (χ1v) is 13.2. The van der Waals surface area contributed by atoms with Crippen molar-refractivity contribution >= 4 is 17.1 Å². The molecule has 3 aromatic carbocycles. The van der Waals surface area contributed by atoms with Crippen molar-refractivity contribution in [3.63, 3.8) is 0 Å². The number of allylic oxidation sites excluding steroid dienone is 4. The van der Waals surface area contributed by atoms with E-state index in [0.717, 1.165) is 62.9 Å². The molecule has 4 aromatic rings. The smallest absolute Gasteiger partial charge is 0.0849 e. The minimum absolute atomic E-state index is 0.410. The molecule has 5 rings (SSSR count). The first-order chi connectivity index (χ1) is 18.5. The van der Waals surface area contributed by atoms with Crippen LogP contribution in [0.2, 0.25) is 0 Å². The van der Waals surface area contributed by atoms with Gasteiger partial charge in [0.15, 0.2) is 0 Å². The molecule has 0 radical (unpaired) electrons. The van der Waals surface area contributed by atoms with Crippen molar-refractivity contribution in [2.45, 2.75) is 34.1 Å². The molecule has 0 aliphatic heterocycles. The number of aliphatic imine (C=N–C) groups is 2. The van der Waals surface area contributed by atoms with Crippen molar-refractivity contribution in [2.75, 3.05) is 0 Å². The van der Waals surface area contributed by atoms with Crippen LogP contribution in [0.4, 0.5) is 5.69 Å². The minimum atomic E-state index is 0.410. The van der Waals surface area contributed by atoms with Crippen molar-refractivity contribution in [2.24, 2.45) is 15.9 Å². The summed E-state index contributed by atoms with van der Waals surface area (Å²) in [7, 11) is 0. The average molecular weight is 496 g/mol. The number of hydrogen-bond acceptors (Lipinski definition) is 3. The second-order valence-electron chi connectivity index (χ2n) is 9.84. The summed E-state index contributed by atoms with van der Waals surface area (Å²) in [5.41, 5.74) is 11.3. The van der Waals surface area contributed by atoms with Crippen LogP contribution in [0.5, 0.6) is 0 Å². The molecule has 1 aromatic heterocycles. The lowest BCUT2D eigenvalue weighted by Gasteiger charge is -2.17. The predicted octanol–water partition coefficient (Wildman–Crippen LogP) is 9.24. The maximum atomic E-state index is 5.22. The third-order valence-electron chi connectivity index (χ3n) is 6.99. The lowest BCUT2D eigenvalue weighted by atomic mass is 9.94. The van der Waals surface area contributed by atoms with E-state index in [1.807, 2.05) is 44.2 Å². The molecule has 3 heteroatoms. The zero-order valence-corrected chi connectivity index (χ0v) is 22.5. The molecule has 1 aliphatic carbocycles. The second kappa shape index (κ2) is 11.4. The molecule has 1 atom stereocenters. The normalized spacial score (nSPS) is 16.2. The SMILES string of the molecule is CC(=NC1=C(C)C=CCC1C)c1cccc(C(C)=Nc2c(-c3ccccc3)cccc2-c2ccccc2)n1. The number of rotatable bonds is 6. The van der Waals surface area contributed by atoms with E-state index in [4.69, 9.17) is 15.0 Å². The topological polar surface area (TPSA) is 37.6 Å². The highest BCUT2D eigenvalue weighted by Crippen LogP contribution is 2.39. The Kier molecular flexibility index (Phi) is 7.55. The van der Waals surface area contributed by atoms with Crippen LogP contribution < -0.4 is 0 Å². The summed E-state index contributed by atoms with van der Waals surface area (Å²) < 4.78 is 0. The Morgan fingerprint density at radius 3 is 1.76 bits per heavy atom. The maximum Gasteiger partial charge on any atom is 0.0849 e. The van der Waals surface area contributed by atoms with Gasteiger partial charge in [-0.05, 0) is 56.0 Å². The van der Waals surface area contributed by atoms with Crippen molar-refractivity contribution in [1.82, 2.24) is 4.98 Å². The molecule has 1 aliphatic rings. The summed E-state index contributed by atoms with van der Waals surface area (Å²) in [6.07, 6.45) is 5.42. The Labute approximate surface area is 226 Å². The fraction of sp³-hybridized carbons (Fsp3) is 0.171. The van der Waals surface area contributed by atoms with E-state index >= 15 is 0 Å². The number of hydrogen-bond donors (Lipinski definition) is 0. The summed E-state index contributed by atoms with van der Waals surface area (Å²) in [6.45, 7) is 8.44. The van der Waals surface area contributed by atoms with Crippen LogP contribution in [0.3, 0.4) is 0 Å². The molecule has 1 unspecified atom stereocenters. The van der Waals surface area contributed by atoms with Crippen LogP contribution >= 0.6 is 0 Å². The van der Waals surface area contributed by atoms with Gasteiger partial charge in [0, 0.05) is 22.7 Å². The molecule has 0 saturated carbocycles. The Morgan fingerprint density at radius 1 is 0.684 bits per heavy atom. The standard InChI is InChI=1S/C35H33N3/c1-24-14-11-15-25(2)34(24)36-26(3)32-22-13-23-33(38-32)27(4)37-35-30(28-16-7-5-8-17-28)20-12-21-31(35)29-18-9-6-10-19-29/h5-14,16-23,25H,15H2,1-4H3. The van der Waals surface area contributed by atoms with Gasteiger partial charge < -0.3 is 0 Å². The van der Waals surface area contributed by atoms with E-state index in [1.165, 1.54) is 5.57 Å².